The Morgan fingerprint density at radius 3 is 2.46 bits per heavy atom. The number of hydrogen-bond donors (Lipinski definition) is 1. The van der Waals surface area contributed by atoms with Crippen molar-refractivity contribution in [2.45, 2.75) is 26.3 Å². The first-order chi connectivity index (χ1) is 19.0. The van der Waals surface area contributed by atoms with Gasteiger partial charge in [0.25, 0.3) is 5.91 Å². The maximum Gasteiger partial charge on any atom is 0.273 e. The van der Waals surface area contributed by atoms with Gasteiger partial charge in [-0.25, -0.2) is 4.98 Å². The SMILES string of the molecule is Cc1ccc(Nc2nc(C(=O)N3CCC(C(=O)N4CCN(Cc5ccc6c(c5)OCO6)CC4)CC3)cs2)cc1. The van der Waals surface area contributed by atoms with Crippen LogP contribution in [0.2, 0.25) is 0 Å². The van der Waals surface area contributed by atoms with Crippen LogP contribution in [0.25, 0.3) is 0 Å². The maximum absolute atomic E-state index is 13.2. The molecule has 1 aromatic heterocycles. The molecule has 0 aliphatic carbocycles. The van der Waals surface area contributed by atoms with Crippen LogP contribution in [0, 0.1) is 12.8 Å². The molecule has 39 heavy (non-hydrogen) atoms. The van der Waals surface area contributed by atoms with Crippen molar-refractivity contribution in [1.29, 1.82) is 0 Å². The number of aryl methyl sites for hydroxylation is 1. The average molecular weight is 548 g/mol. The molecule has 2 saturated heterocycles. The number of amides is 2. The van der Waals surface area contributed by atoms with Crippen LogP contribution >= 0.6 is 11.3 Å². The number of carbonyl (C=O) groups excluding carboxylic acids is 2. The van der Waals surface area contributed by atoms with Gasteiger partial charge in [0.1, 0.15) is 5.69 Å². The summed E-state index contributed by atoms with van der Waals surface area (Å²) in [5.41, 5.74) is 3.78. The summed E-state index contributed by atoms with van der Waals surface area (Å²) in [5, 5.41) is 5.77. The summed E-state index contributed by atoms with van der Waals surface area (Å²) in [7, 11) is 0. The Morgan fingerprint density at radius 1 is 0.949 bits per heavy atom. The Kier molecular flexibility index (Phi) is 7.38. The highest BCUT2D eigenvalue weighted by Gasteiger charge is 2.32. The summed E-state index contributed by atoms with van der Waals surface area (Å²) in [6.45, 7) is 7.49. The molecule has 1 N–H and O–H groups in total. The van der Waals surface area contributed by atoms with E-state index in [1.807, 2.05) is 53.1 Å². The molecule has 10 heteroatoms. The fourth-order valence-corrected chi connectivity index (χ4v) is 6.07. The first-order valence-corrected chi connectivity index (χ1v) is 14.4. The molecule has 3 aromatic rings. The Hall–Kier alpha value is -3.63. The number of hydrogen-bond acceptors (Lipinski definition) is 8. The topological polar surface area (TPSA) is 87.2 Å². The highest BCUT2D eigenvalue weighted by atomic mass is 32.1. The van der Waals surface area contributed by atoms with Gasteiger partial charge in [-0.2, -0.15) is 0 Å². The number of carbonyl (C=O) groups is 2. The fourth-order valence-electron chi connectivity index (χ4n) is 5.36. The minimum absolute atomic E-state index is 0.0244. The number of anilines is 2. The van der Waals surface area contributed by atoms with E-state index in [1.54, 1.807) is 5.38 Å². The van der Waals surface area contributed by atoms with Gasteiger partial charge < -0.3 is 24.6 Å². The van der Waals surface area contributed by atoms with Gasteiger partial charge in [-0.05, 0) is 49.6 Å². The second kappa shape index (κ2) is 11.2. The zero-order valence-corrected chi connectivity index (χ0v) is 22.9. The number of thiazole rings is 1. The van der Waals surface area contributed by atoms with E-state index in [-0.39, 0.29) is 24.5 Å². The van der Waals surface area contributed by atoms with Crippen molar-refractivity contribution in [1.82, 2.24) is 19.7 Å². The monoisotopic (exact) mass is 547 g/mol. The first-order valence-electron chi connectivity index (χ1n) is 13.5. The summed E-state index contributed by atoms with van der Waals surface area (Å²) in [6, 6.07) is 14.2. The van der Waals surface area contributed by atoms with Crippen LogP contribution in [0.1, 0.15) is 34.5 Å². The number of fused-ring (bicyclic) bond motifs is 1. The van der Waals surface area contributed by atoms with Gasteiger partial charge in [0.15, 0.2) is 16.6 Å². The second-order valence-electron chi connectivity index (χ2n) is 10.4. The van der Waals surface area contributed by atoms with Crippen LogP contribution in [0.5, 0.6) is 11.5 Å². The van der Waals surface area contributed by atoms with Crippen molar-refractivity contribution < 1.29 is 19.1 Å². The van der Waals surface area contributed by atoms with Crippen molar-refractivity contribution in [3.05, 3.63) is 64.7 Å². The van der Waals surface area contributed by atoms with Gasteiger partial charge in [0.2, 0.25) is 12.7 Å². The molecule has 0 atom stereocenters. The van der Waals surface area contributed by atoms with Crippen LogP contribution in [-0.2, 0) is 11.3 Å². The molecule has 0 bridgehead atoms. The Balaban J connectivity index is 0.955. The molecule has 4 heterocycles. The smallest absolute Gasteiger partial charge is 0.273 e. The standard InChI is InChI=1S/C29H33N5O4S/c1-20-2-5-23(6-3-20)30-29-31-24(18-39-29)28(36)33-10-8-22(9-11-33)27(35)34-14-12-32(13-15-34)17-21-4-7-25-26(16-21)38-19-37-25/h2-7,16,18,22H,8-15,17,19H2,1H3,(H,30,31). The molecule has 3 aliphatic rings. The van der Waals surface area contributed by atoms with E-state index in [2.05, 4.69) is 21.3 Å². The van der Waals surface area contributed by atoms with Gasteiger partial charge in [-0.15, -0.1) is 11.3 Å². The van der Waals surface area contributed by atoms with Crippen LogP contribution in [0.15, 0.2) is 47.8 Å². The van der Waals surface area contributed by atoms with E-state index in [0.717, 1.165) is 49.9 Å². The second-order valence-corrected chi connectivity index (χ2v) is 11.2. The van der Waals surface area contributed by atoms with E-state index in [0.29, 0.717) is 36.8 Å². The molecule has 2 fully saturated rings. The van der Waals surface area contributed by atoms with Crippen LogP contribution < -0.4 is 14.8 Å². The predicted molar refractivity (Wildman–Crippen MR) is 150 cm³/mol. The van der Waals surface area contributed by atoms with Gasteiger partial charge in [-0.1, -0.05) is 23.8 Å². The highest BCUT2D eigenvalue weighted by molar-refractivity contribution is 7.14. The molecular formula is C29H33N5O4S. The Morgan fingerprint density at radius 2 is 1.69 bits per heavy atom. The van der Waals surface area contributed by atoms with Crippen molar-refractivity contribution in [3.8, 4) is 11.5 Å². The molecule has 2 amide bonds. The third-order valence-electron chi connectivity index (χ3n) is 7.68. The van der Waals surface area contributed by atoms with Gasteiger partial charge in [-0.3, -0.25) is 14.5 Å². The van der Waals surface area contributed by atoms with Crippen molar-refractivity contribution in [2.75, 3.05) is 51.4 Å². The minimum Gasteiger partial charge on any atom is -0.454 e. The summed E-state index contributed by atoms with van der Waals surface area (Å²) in [6.07, 6.45) is 1.39. The number of ether oxygens (including phenoxy) is 2. The van der Waals surface area contributed by atoms with Crippen molar-refractivity contribution >= 4 is 34.0 Å². The number of nitrogens with one attached hydrogen (secondary N) is 1. The quantitative estimate of drug-likeness (QED) is 0.497. The Bertz CT molecular complexity index is 1330. The van der Waals surface area contributed by atoms with Crippen LogP contribution in [-0.4, -0.2) is 77.6 Å². The van der Waals surface area contributed by atoms with Gasteiger partial charge >= 0.3 is 0 Å². The molecule has 9 nitrogen and oxygen atoms in total. The van der Waals surface area contributed by atoms with E-state index in [4.69, 9.17) is 9.47 Å². The molecule has 2 aromatic carbocycles. The number of piperazine rings is 1. The molecule has 0 unspecified atom stereocenters. The lowest BCUT2D eigenvalue weighted by Gasteiger charge is -2.38. The van der Waals surface area contributed by atoms with Crippen molar-refractivity contribution in [3.63, 3.8) is 0 Å². The minimum atomic E-state index is -0.0637. The summed E-state index contributed by atoms with van der Waals surface area (Å²) in [5.74, 6) is 1.74. The number of aromatic nitrogens is 1. The van der Waals surface area contributed by atoms with E-state index in [9.17, 15) is 9.59 Å². The lowest BCUT2D eigenvalue weighted by Crippen LogP contribution is -2.51. The van der Waals surface area contributed by atoms with Crippen molar-refractivity contribution in [2.24, 2.45) is 5.92 Å². The zero-order valence-electron chi connectivity index (χ0n) is 22.1. The third kappa shape index (κ3) is 5.86. The lowest BCUT2D eigenvalue weighted by atomic mass is 9.94. The normalized spacial score (nSPS) is 17.9. The molecule has 6 rings (SSSR count). The molecule has 0 saturated carbocycles. The predicted octanol–water partition coefficient (Wildman–Crippen LogP) is 4.12. The fraction of sp³-hybridized carbons (Fsp3) is 0.414. The van der Waals surface area contributed by atoms with Crippen LogP contribution in [0.4, 0.5) is 10.8 Å². The number of likely N-dealkylation sites (tertiary alicyclic amines) is 1. The van der Waals surface area contributed by atoms with Gasteiger partial charge in [0.05, 0.1) is 0 Å². The zero-order chi connectivity index (χ0) is 26.8. The summed E-state index contributed by atoms with van der Waals surface area (Å²) >= 11 is 1.42. The maximum atomic E-state index is 13.2. The Labute approximate surface area is 232 Å². The molecule has 204 valence electrons. The van der Waals surface area contributed by atoms with E-state index in [1.165, 1.54) is 22.5 Å². The van der Waals surface area contributed by atoms with Crippen LogP contribution in [0.3, 0.4) is 0 Å². The summed E-state index contributed by atoms with van der Waals surface area (Å²) < 4.78 is 10.9. The van der Waals surface area contributed by atoms with E-state index >= 15 is 0 Å². The molecule has 3 aliphatic heterocycles. The molecule has 0 radical (unpaired) electrons. The number of piperidine rings is 1. The van der Waals surface area contributed by atoms with Gasteiger partial charge in [0, 0.05) is 62.8 Å². The number of nitrogens with zero attached hydrogens (tertiary/aromatic N) is 4. The average Bonchev–Trinajstić information content (AvgIpc) is 3.63. The lowest BCUT2D eigenvalue weighted by molar-refractivity contribution is -0.138. The molecule has 0 spiro atoms. The molecular weight excluding hydrogens is 514 g/mol. The van der Waals surface area contributed by atoms with E-state index < -0.39 is 0 Å². The summed E-state index contributed by atoms with van der Waals surface area (Å²) in [4.78, 5) is 37.0. The largest absolute Gasteiger partial charge is 0.454 e. The highest BCUT2D eigenvalue weighted by Crippen LogP contribution is 2.33. The number of benzene rings is 2. The first kappa shape index (κ1) is 25.6. The third-order valence-corrected chi connectivity index (χ3v) is 8.44. The number of rotatable bonds is 6.